The molecule has 0 aliphatic carbocycles. The summed E-state index contributed by atoms with van der Waals surface area (Å²) < 4.78 is 7.58. The van der Waals surface area contributed by atoms with E-state index in [0.717, 1.165) is 4.47 Å². The van der Waals surface area contributed by atoms with Gasteiger partial charge in [0.15, 0.2) is 6.61 Å². The Kier molecular flexibility index (Phi) is 5.26. The maximum Gasteiger partial charge on any atom is 0.274 e. The molecule has 0 unspecified atom stereocenters. The molecule has 1 aromatic heterocycles. The van der Waals surface area contributed by atoms with Crippen molar-refractivity contribution in [3.8, 4) is 5.75 Å². The number of carbonyl (C=O) groups excluding carboxylic acids is 1. The monoisotopic (exact) mass is 384 g/mol. The Balaban J connectivity index is 2.05. The number of nitrogens with zero attached hydrogens (tertiary/aromatic N) is 1. The van der Waals surface area contributed by atoms with Crippen LogP contribution in [0.1, 0.15) is 5.56 Å². The Hall–Kier alpha value is -1.79. The third-order valence-corrected chi connectivity index (χ3v) is 3.78. The molecule has 5 nitrogen and oxygen atoms in total. The van der Waals surface area contributed by atoms with E-state index in [0.29, 0.717) is 16.3 Å². The van der Waals surface area contributed by atoms with E-state index in [-0.39, 0.29) is 17.9 Å². The molecule has 2 rings (SSSR count). The summed E-state index contributed by atoms with van der Waals surface area (Å²) in [5.74, 6) is -0.0249. The third-order valence-electron chi connectivity index (χ3n) is 2.99. The lowest BCUT2D eigenvalue weighted by Gasteiger charge is -2.11. The molecule has 0 aliphatic heterocycles. The summed E-state index contributed by atoms with van der Waals surface area (Å²) in [4.78, 5) is 23.9. The average Bonchev–Trinajstić information content (AvgIpc) is 2.47. The zero-order chi connectivity index (χ0) is 16.3. The van der Waals surface area contributed by atoms with Gasteiger partial charge in [0, 0.05) is 17.7 Å². The zero-order valence-corrected chi connectivity index (χ0v) is 14.4. The normalized spacial score (nSPS) is 10.4. The molecule has 1 aromatic carbocycles. The number of amides is 1. The quantitative estimate of drug-likeness (QED) is 0.879. The van der Waals surface area contributed by atoms with Crippen molar-refractivity contribution < 1.29 is 9.53 Å². The largest absolute Gasteiger partial charge is 0.482 e. The lowest BCUT2D eigenvalue weighted by atomic mass is 10.2. The van der Waals surface area contributed by atoms with E-state index in [1.165, 1.54) is 4.57 Å². The second-order valence-electron chi connectivity index (χ2n) is 4.70. The van der Waals surface area contributed by atoms with Crippen LogP contribution in [0.5, 0.6) is 5.75 Å². The van der Waals surface area contributed by atoms with Crippen LogP contribution in [-0.4, -0.2) is 17.1 Å². The van der Waals surface area contributed by atoms with Crippen LogP contribution in [0.15, 0.2) is 39.7 Å². The van der Waals surface area contributed by atoms with Crippen LogP contribution in [0.4, 0.5) is 5.69 Å². The number of anilines is 1. The van der Waals surface area contributed by atoms with Crippen LogP contribution in [0.2, 0.25) is 5.02 Å². The standard InChI is InChI=1S/C15H14BrClN2O3/c1-9-5-6-19(2)15(21)14(9)18-13(20)8-22-12-4-3-10(16)7-11(12)17/h3-7H,8H2,1-2H3,(H,18,20). The molecule has 1 amide bonds. The molecule has 0 fully saturated rings. The van der Waals surface area contributed by atoms with Gasteiger partial charge in [-0.1, -0.05) is 27.5 Å². The number of hydrogen-bond donors (Lipinski definition) is 1. The first-order valence-electron chi connectivity index (χ1n) is 6.42. The lowest BCUT2D eigenvalue weighted by molar-refractivity contribution is -0.118. The van der Waals surface area contributed by atoms with Crippen molar-refractivity contribution >= 4 is 39.1 Å². The molecule has 0 bridgehead atoms. The highest BCUT2D eigenvalue weighted by Gasteiger charge is 2.11. The smallest absolute Gasteiger partial charge is 0.274 e. The maximum absolute atomic E-state index is 12.0. The molecule has 1 N–H and O–H groups in total. The molecular formula is C15H14BrClN2O3. The number of rotatable bonds is 4. The van der Waals surface area contributed by atoms with Crippen molar-refractivity contribution in [1.82, 2.24) is 4.57 Å². The van der Waals surface area contributed by atoms with Gasteiger partial charge in [-0.25, -0.2) is 0 Å². The van der Waals surface area contributed by atoms with E-state index in [1.54, 1.807) is 44.4 Å². The van der Waals surface area contributed by atoms with Gasteiger partial charge in [0.2, 0.25) is 0 Å². The van der Waals surface area contributed by atoms with Gasteiger partial charge in [0.1, 0.15) is 11.4 Å². The topological polar surface area (TPSA) is 60.3 Å². The fraction of sp³-hybridized carbons (Fsp3) is 0.200. The van der Waals surface area contributed by atoms with Crippen molar-refractivity contribution in [1.29, 1.82) is 0 Å². The van der Waals surface area contributed by atoms with Crippen molar-refractivity contribution in [2.75, 3.05) is 11.9 Å². The molecule has 0 saturated carbocycles. The van der Waals surface area contributed by atoms with Crippen LogP contribution in [0.3, 0.4) is 0 Å². The molecule has 0 radical (unpaired) electrons. The molecule has 0 atom stereocenters. The molecule has 116 valence electrons. The summed E-state index contributed by atoms with van der Waals surface area (Å²) in [6, 6.07) is 6.85. The zero-order valence-electron chi connectivity index (χ0n) is 12.0. The molecule has 0 saturated heterocycles. The van der Waals surface area contributed by atoms with E-state index in [4.69, 9.17) is 16.3 Å². The Labute approximate surface area is 141 Å². The SMILES string of the molecule is Cc1ccn(C)c(=O)c1NC(=O)COc1ccc(Br)cc1Cl. The Morgan fingerprint density at radius 1 is 1.41 bits per heavy atom. The van der Waals surface area contributed by atoms with E-state index >= 15 is 0 Å². The second kappa shape index (κ2) is 6.98. The predicted octanol–water partition coefficient (Wildman–Crippen LogP) is 3.13. The molecule has 2 aromatic rings. The summed E-state index contributed by atoms with van der Waals surface area (Å²) in [6.07, 6.45) is 1.64. The number of ether oxygens (including phenoxy) is 1. The van der Waals surface area contributed by atoms with Crippen LogP contribution in [0.25, 0.3) is 0 Å². The minimum Gasteiger partial charge on any atom is -0.482 e. The molecule has 7 heteroatoms. The molecule has 0 aliphatic rings. The van der Waals surface area contributed by atoms with Crippen LogP contribution >= 0.6 is 27.5 Å². The molecule has 1 heterocycles. The highest BCUT2D eigenvalue weighted by molar-refractivity contribution is 9.10. The summed E-state index contributed by atoms with van der Waals surface area (Å²) >= 11 is 9.29. The van der Waals surface area contributed by atoms with Crippen LogP contribution < -0.4 is 15.6 Å². The molecule has 22 heavy (non-hydrogen) atoms. The van der Waals surface area contributed by atoms with Gasteiger partial charge < -0.3 is 14.6 Å². The average molecular weight is 386 g/mol. The number of aryl methyl sites for hydroxylation is 2. The highest BCUT2D eigenvalue weighted by Crippen LogP contribution is 2.27. The van der Waals surface area contributed by atoms with Crippen LogP contribution in [0, 0.1) is 6.92 Å². The number of aromatic nitrogens is 1. The molecular weight excluding hydrogens is 372 g/mol. The summed E-state index contributed by atoms with van der Waals surface area (Å²) in [5.41, 5.74) is 0.675. The number of benzene rings is 1. The van der Waals surface area contributed by atoms with Crippen molar-refractivity contribution in [2.45, 2.75) is 6.92 Å². The van der Waals surface area contributed by atoms with Gasteiger partial charge in [-0.3, -0.25) is 9.59 Å². The maximum atomic E-state index is 12.0. The second-order valence-corrected chi connectivity index (χ2v) is 6.02. The Morgan fingerprint density at radius 3 is 2.82 bits per heavy atom. The molecule has 0 spiro atoms. The number of nitrogens with one attached hydrogen (secondary N) is 1. The summed E-state index contributed by atoms with van der Waals surface area (Å²) in [5, 5.41) is 2.97. The minimum atomic E-state index is -0.426. The lowest BCUT2D eigenvalue weighted by Crippen LogP contribution is -2.28. The highest BCUT2D eigenvalue weighted by atomic mass is 79.9. The first-order chi connectivity index (χ1) is 10.4. The number of carbonyl (C=O) groups is 1. The fourth-order valence-corrected chi connectivity index (χ4v) is 2.51. The van der Waals surface area contributed by atoms with Crippen molar-refractivity contribution in [3.63, 3.8) is 0 Å². The van der Waals surface area contributed by atoms with E-state index in [2.05, 4.69) is 21.2 Å². The van der Waals surface area contributed by atoms with Crippen molar-refractivity contribution in [2.24, 2.45) is 7.05 Å². The summed E-state index contributed by atoms with van der Waals surface area (Å²) in [6.45, 7) is 1.52. The third kappa shape index (κ3) is 3.90. The van der Waals surface area contributed by atoms with Crippen molar-refractivity contribution in [3.05, 3.63) is 55.9 Å². The van der Waals surface area contributed by atoms with E-state index in [1.807, 2.05) is 0 Å². The van der Waals surface area contributed by atoms with Gasteiger partial charge >= 0.3 is 0 Å². The van der Waals surface area contributed by atoms with Crippen LogP contribution in [-0.2, 0) is 11.8 Å². The fourth-order valence-electron chi connectivity index (χ4n) is 1.78. The first-order valence-corrected chi connectivity index (χ1v) is 7.59. The Bertz CT molecular complexity index is 774. The van der Waals surface area contributed by atoms with Gasteiger partial charge in [-0.2, -0.15) is 0 Å². The minimum absolute atomic E-state index is 0.237. The first kappa shape index (κ1) is 16.6. The summed E-state index contributed by atoms with van der Waals surface area (Å²) in [7, 11) is 1.62. The van der Waals surface area contributed by atoms with E-state index < -0.39 is 5.91 Å². The van der Waals surface area contributed by atoms with E-state index in [9.17, 15) is 9.59 Å². The van der Waals surface area contributed by atoms with Gasteiger partial charge in [0.05, 0.1) is 5.02 Å². The number of pyridine rings is 1. The van der Waals surface area contributed by atoms with Gasteiger partial charge in [-0.15, -0.1) is 0 Å². The predicted molar refractivity (Wildman–Crippen MR) is 89.7 cm³/mol. The Morgan fingerprint density at radius 2 is 2.14 bits per heavy atom. The van der Waals surface area contributed by atoms with Gasteiger partial charge in [0.25, 0.3) is 11.5 Å². The van der Waals surface area contributed by atoms with Gasteiger partial charge in [-0.05, 0) is 36.8 Å². The number of hydrogen-bond acceptors (Lipinski definition) is 3. The number of halogens is 2.